The summed E-state index contributed by atoms with van der Waals surface area (Å²) < 4.78 is 1.88. The summed E-state index contributed by atoms with van der Waals surface area (Å²) in [5.41, 5.74) is 1.59. The number of benzene rings is 2. The number of halogens is 1. The summed E-state index contributed by atoms with van der Waals surface area (Å²) in [6.45, 7) is 0. The molecule has 0 aliphatic rings. The summed E-state index contributed by atoms with van der Waals surface area (Å²) >= 11 is 5.87. The minimum absolute atomic E-state index is 0.660. The molecule has 0 aliphatic carbocycles. The van der Waals surface area contributed by atoms with Crippen LogP contribution in [0.4, 0.5) is 0 Å². The van der Waals surface area contributed by atoms with Gasteiger partial charge in [-0.05, 0) is 24.3 Å². The first-order chi connectivity index (χ1) is 8.79. The number of hydrogen-bond acceptors (Lipinski definition) is 1. The molecule has 1 aromatic heterocycles. The Balaban J connectivity index is 2.28. The van der Waals surface area contributed by atoms with Crippen LogP contribution in [0.5, 0.6) is 0 Å². The standard InChI is InChI=1S/C15H10ClNO/c16-12-5-7-13(8-6-12)17-9-11-3-1-2-4-14(11)15(17)10-18/h1-10H. The maximum atomic E-state index is 11.3. The third-order valence-corrected chi connectivity index (χ3v) is 3.23. The smallest absolute Gasteiger partial charge is 0.167 e. The highest BCUT2D eigenvalue weighted by Gasteiger charge is 2.09. The summed E-state index contributed by atoms with van der Waals surface area (Å²) in [5.74, 6) is 0. The molecule has 0 spiro atoms. The fourth-order valence-electron chi connectivity index (χ4n) is 2.12. The minimum atomic E-state index is 0.660. The Kier molecular flexibility index (Phi) is 2.65. The number of nitrogens with zero attached hydrogens (tertiary/aromatic N) is 1. The number of fused-ring (bicyclic) bond motifs is 1. The number of rotatable bonds is 2. The van der Waals surface area contributed by atoms with Gasteiger partial charge in [0.2, 0.25) is 0 Å². The third kappa shape index (κ3) is 1.71. The van der Waals surface area contributed by atoms with Crippen molar-refractivity contribution in [3.8, 4) is 5.69 Å². The zero-order chi connectivity index (χ0) is 12.5. The molecule has 2 nitrogen and oxygen atoms in total. The Morgan fingerprint density at radius 2 is 1.72 bits per heavy atom. The molecule has 0 fully saturated rings. The van der Waals surface area contributed by atoms with Gasteiger partial charge in [0, 0.05) is 27.7 Å². The van der Waals surface area contributed by atoms with Crippen LogP contribution in [-0.2, 0) is 0 Å². The van der Waals surface area contributed by atoms with Gasteiger partial charge in [-0.15, -0.1) is 0 Å². The first-order valence-electron chi connectivity index (χ1n) is 5.61. The van der Waals surface area contributed by atoms with Gasteiger partial charge in [-0.3, -0.25) is 4.79 Å². The van der Waals surface area contributed by atoms with Crippen LogP contribution >= 0.6 is 11.6 Å². The van der Waals surface area contributed by atoms with Crippen LogP contribution in [0.1, 0.15) is 10.5 Å². The molecule has 0 amide bonds. The summed E-state index contributed by atoms with van der Waals surface area (Å²) in [6.07, 6.45) is 2.85. The van der Waals surface area contributed by atoms with E-state index in [1.54, 1.807) is 0 Å². The molecule has 0 radical (unpaired) electrons. The van der Waals surface area contributed by atoms with Gasteiger partial charge in [0.25, 0.3) is 0 Å². The first-order valence-corrected chi connectivity index (χ1v) is 5.98. The van der Waals surface area contributed by atoms with Crippen LogP contribution in [0.3, 0.4) is 0 Å². The molecule has 0 saturated heterocycles. The summed E-state index contributed by atoms with van der Waals surface area (Å²) in [7, 11) is 0. The normalized spacial score (nSPS) is 10.7. The molecule has 3 aromatic rings. The topological polar surface area (TPSA) is 22.0 Å². The van der Waals surface area contributed by atoms with Crippen LogP contribution in [-0.4, -0.2) is 10.9 Å². The van der Waals surface area contributed by atoms with Gasteiger partial charge in [-0.1, -0.05) is 35.9 Å². The molecular formula is C15H10ClNO. The van der Waals surface area contributed by atoms with Crippen molar-refractivity contribution in [2.75, 3.05) is 0 Å². The molecule has 0 saturated carbocycles. The lowest BCUT2D eigenvalue weighted by molar-refractivity contribution is 0.111. The second-order valence-corrected chi connectivity index (χ2v) is 4.50. The van der Waals surface area contributed by atoms with Crippen LogP contribution in [0.2, 0.25) is 5.02 Å². The Morgan fingerprint density at radius 3 is 2.44 bits per heavy atom. The highest BCUT2D eigenvalue weighted by Crippen LogP contribution is 2.24. The second kappa shape index (κ2) is 4.31. The molecule has 18 heavy (non-hydrogen) atoms. The third-order valence-electron chi connectivity index (χ3n) is 2.98. The average Bonchev–Trinajstić information content (AvgIpc) is 2.78. The van der Waals surface area contributed by atoms with Crippen molar-refractivity contribution in [3.05, 3.63) is 65.4 Å². The Labute approximate surface area is 109 Å². The van der Waals surface area contributed by atoms with Gasteiger partial charge in [0.05, 0.1) is 5.69 Å². The lowest BCUT2D eigenvalue weighted by atomic mass is 10.2. The SMILES string of the molecule is O=Cc1c2ccccc2cn1-c1ccc(Cl)cc1. The Morgan fingerprint density at radius 1 is 1.00 bits per heavy atom. The van der Waals surface area contributed by atoms with Gasteiger partial charge in [0.15, 0.2) is 6.29 Å². The van der Waals surface area contributed by atoms with Crippen LogP contribution in [0.15, 0.2) is 54.7 Å². The summed E-state index contributed by atoms with van der Waals surface area (Å²) in [6, 6.07) is 15.3. The van der Waals surface area contributed by atoms with E-state index in [2.05, 4.69) is 0 Å². The number of aromatic nitrogens is 1. The molecule has 88 valence electrons. The zero-order valence-electron chi connectivity index (χ0n) is 9.51. The zero-order valence-corrected chi connectivity index (χ0v) is 10.3. The average molecular weight is 256 g/mol. The van der Waals surface area contributed by atoms with E-state index in [1.807, 2.05) is 59.3 Å². The largest absolute Gasteiger partial charge is 0.313 e. The fourth-order valence-corrected chi connectivity index (χ4v) is 2.24. The lowest BCUT2D eigenvalue weighted by Gasteiger charge is -2.05. The van der Waals surface area contributed by atoms with E-state index in [0.29, 0.717) is 10.7 Å². The molecular weight excluding hydrogens is 246 g/mol. The summed E-state index contributed by atoms with van der Waals surface area (Å²) in [5, 5.41) is 2.69. The second-order valence-electron chi connectivity index (χ2n) is 4.07. The number of carbonyl (C=O) groups is 1. The molecule has 2 aromatic carbocycles. The van der Waals surface area contributed by atoms with Crippen molar-refractivity contribution >= 4 is 28.7 Å². The van der Waals surface area contributed by atoms with Crippen LogP contribution in [0.25, 0.3) is 16.5 Å². The molecule has 0 unspecified atom stereocenters. The number of hydrogen-bond donors (Lipinski definition) is 0. The van der Waals surface area contributed by atoms with Gasteiger partial charge in [-0.2, -0.15) is 0 Å². The maximum absolute atomic E-state index is 11.3. The predicted octanol–water partition coefficient (Wildman–Crippen LogP) is 4.10. The molecule has 0 atom stereocenters. The minimum Gasteiger partial charge on any atom is -0.313 e. The number of carbonyl (C=O) groups excluding carboxylic acids is 1. The molecule has 3 rings (SSSR count). The van der Waals surface area contributed by atoms with E-state index >= 15 is 0 Å². The van der Waals surface area contributed by atoms with E-state index in [1.165, 1.54) is 0 Å². The van der Waals surface area contributed by atoms with E-state index in [0.717, 1.165) is 22.7 Å². The van der Waals surface area contributed by atoms with Crippen LogP contribution < -0.4 is 0 Å². The van der Waals surface area contributed by atoms with E-state index < -0.39 is 0 Å². The van der Waals surface area contributed by atoms with E-state index in [4.69, 9.17) is 11.6 Å². The molecule has 1 heterocycles. The van der Waals surface area contributed by atoms with Gasteiger partial charge in [-0.25, -0.2) is 0 Å². The quantitative estimate of drug-likeness (QED) is 0.632. The highest BCUT2D eigenvalue weighted by molar-refractivity contribution is 6.30. The summed E-state index contributed by atoms with van der Waals surface area (Å²) in [4.78, 5) is 11.3. The fraction of sp³-hybridized carbons (Fsp3) is 0. The Hall–Kier alpha value is -2.06. The Bertz CT molecular complexity index is 713. The van der Waals surface area contributed by atoms with Crippen molar-refractivity contribution in [3.63, 3.8) is 0 Å². The molecule has 0 bridgehead atoms. The van der Waals surface area contributed by atoms with Crippen LogP contribution in [0, 0.1) is 0 Å². The van der Waals surface area contributed by atoms with Crippen molar-refractivity contribution in [2.45, 2.75) is 0 Å². The van der Waals surface area contributed by atoms with Crippen molar-refractivity contribution in [1.29, 1.82) is 0 Å². The maximum Gasteiger partial charge on any atom is 0.167 e. The van der Waals surface area contributed by atoms with Crippen molar-refractivity contribution in [1.82, 2.24) is 4.57 Å². The van der Waals surface area contributed by atoms with Gasteiger partial charge < -0.3 is 4.57 Å². The van der Waals surface area contributed by atoms with Crippen molar-refractivity contribution in [2.24, 2.45) is 0 Å². The molecule has 3 heteroatoms. The lowest BCUT2D eigenvalue weighted by Crippen LogP contribution is -1.97. The monoisotopic (exact) mass is 255 g/mol. The van der Waals surface area contributed by atoms with Crippen molar-refractivity contribution < 1.29 is 4.79 Å². The predicted molar refractivity (Wildman–Crippen MR) is 73.7 cm³/mol. The van der Waals surface area contributed by atoms with E-state index in [9.17, 15) is 4.79 Å². The van der Waals surface area contributed by atoms with E-state index in [-0.39, 0.29) is 0 Å². The number of aldehydes is 1. The van der Waals surface area contributed by atoms with Gasteiger partial charge in [0.1, 0.15) is 0 Å². The molecule has 0 aliphatic heterocycles. The molecule has 0 N–H and O–H groups in total. The highest BCUT2D eigenvalue weighted by atomic mass is 35.5. The van der Waals surface area contributed by atoms with Gasteiger partial charge >= 0.3 is 0 Å². The first kappa shape index (κ1) is 11.1.